The van der Waals surface area contributed by atoms with Gasteiger partial charge in [-0.15, -0.1) is 0 Å². The Balaban J connectivity index is 0. The number of fused-ring (bicyclic) bond motifs is 3. The average Bonchev–Trinajstić information content (AvgIpc) is 2.68. The molecule has 0 fully saturated rings. The number of hydrogen-bond donors (Lipinski definition) is 0. The third kappa shape index (κ3) is 3.74. The van der Waals surface area contributed by atoms with Gasteiger partial charge < -0.3 is 0 Å². The van der Waals surface area contributed by atoms with Crippen LogP contribution in [0.3, 0.4) is 0 Å². The molecule has 24 heavy (non-hydrogen) atoms. The Hall–Kier alpha value is -1.56. The van der Waals surface area contributed by atoms with Gasteiger partial charge in [0, 0.05) is 5.41 Å². The molecule has 0 aromatic heterocycles. The molecule has 0 heteroatoms. The van der Waals surface area contributed by atoms with Gasteiger partial charge in [-0.1, -0.05) is 100 Å². The highest BCUT2D eigenvalue weighted by atomic mass is 14.4. The van der Waals surface area contributed by atoms with E-state index in [1.807, 2.05) is 0 Å². The first-order valence-corrected chi connectivity index (χ1v) is 7.85. The summed E-state index contributed by atoms with van der Waals surface area (Å²) in [6.07, 6.45) is 3.51. The molecule has 0 spiro atoms. The minimum atomic E-state index is 0. The van der Waals surface area contributed by atoms with Crippen LogP contribution in [-0.4, -0.2) is 0 Å². The van der Waals surface area contributed by atoms with Crippen molar-refractivity contribution in [1.29, 1.82) is 0 Å². The van der Waals surface area contributed by atoms with Gasteiger partial charge in [-0.05, 0) is 46.2 Å². The summed E-state index contributed by atoms with van der Waals surface area (Å²) in [5.74, 6) is 0. The van der Waals surface area contributed by atoms with Gasteiger partial charge in [-0.3, -0.25) is 0 Å². The van der Waals surface area contributed by atoms with Crippen molar-refractivity contribution in [2.75, 3.05) is 0 Å². The second kappa shape index (κ2) is 9.06. The molecule has 0 radical (unpaired) electrons. The van der Waals surface area contributed by atoms with E-state index in [9.17, 15) is 0 Å². The van der Waals surface area contributed by atoms with Gasteiger partial charge >= 0.3 is 0 Å². The largest absolute Gasteiger partial charge is 0.0776 e. The van der Waals surface area contributed by atoms with E-state index < -0.39 is 0 Å². The summed E-state index contributed by atoms with van der Waals surface area (Å²) in [6.45, 7) is 9.22. The van der Waals surface area contributed by atoms with Crippen molar-refractivity contribution in [3.05, 3.63) is 58.7 Å². The Kier molecular flexibility index (Phi) is 9.32. The van der Waals surface area contributed by atoms with Crippen molar-refractivity contribution in [3.63, 3.8) is 0 Å². The number of rotatable bonds is 3. The van der Waals surface area contributed by atoms with Crippen molar-refractivity contribution in [2.45, 2.75) is 82.1 Å². The maximum absolute atomic E-state index is 2.43. The Morgan fingerprint density at radius 3 is 1.62 bits per heavy atom. The summed E-state index contributed by atoms with van der Waals surface area (Å²) < 4.78 is 0. The highest BCUT2D eigenvalue weighted by Gasteiger charge is 2.35. The number of benzene rings is 2. The van der Waals surface area contributed by atoms with Crippen molar-refractivity contribution >= 4 is 0 Å². The third-order valence-electron chi connectivity index (χ3n) is 4.75. The zero-order valence-corrected chi connectivity index (χ0v) is 13.1. The molecule has 0 atom stereocenters. The van der Waals surface area contributed by atoms with Gasteiger partial charge in [0.15, 0.2) is 0 Å². The number of hydrogen-bond acceptors (Lipinski definition) is 0. The molecular weight excluding hydrogens is 288 g/mol. The lowest BCUT2D eigenvalue weighted by molar-refractivity contribution is 0.657. The predicted molar refractivity (Wildman–Crippen MR) is 114 cm³/mol. The van der Waals surface area contributed by atoms with Crippen LogP contribution in [0.25, 0.3) is 11.1 Å². The molecule has 0 saturated carbocycles. The highest BCUT2D eigenvalue weighted by Crippen LogP contribution is 2.49. The Bertz CT molecular complexity index is 647. The van der Waals surface area contributed by atoms with E-state index in [1.54, 1.807) is 0 Å². The normalized spacial score (nSPS) is 12.5. The van der Waals surface area contributed by atoms with E-state index in [-0.39, 0.29) is 35.1 Å². The molecule has 0 nitrogen and oxygen atoms in total. The topological polar surface area (TPSA) is 0 Å². The summed E-state index contributed by atoms with van der Waals surface area (Å²) >= 11 is 0. The first-order valence-electron chi connectivity index (χ1n) is 7.85. The maximum atomic E-state index is 2.43. The van der Waals surface area contributed by atoms with Crippen LogP contribution in [0.15, 0.2) is 36.4 Å². The Labute approximate surface area is 152 Å². The zero-order chi connectivity index (χ0) is 14.3. The fourth-order valence-electron chi connectivity index (χ4n) is 3.50. The molecule has 0 saturated heterocycles. The van der Waals surface area contributed by atoms with Crippen LogP contribution in [0.1, 0.15) is 86.1 Å². The van der Waals surface area contributed by atoms with E-state index in [4.69, 9.17) is 0 Å². The standard InChI is InChI=1S/C20H24.4CH4/c1-5-7-15-9-11-17-16-10-8-14(6-2)12-18(16)20(3,4)19(17)13-15;;;;/h8-13H,5-7H2,1-4H3;4*1H4. The maximum Gasteiger partial charge on any atom is 0.0159 e. The molecule has 0 heterocycles. The van der Waals surface area contributed by atoms with Crippen LogP contribution in [0.4, 0.5) is 0 Å². The smallest absolute Gasteiger partial charge is 0.0159 e. The minimum absolute atomic E-state index is 0. The summed E-state index contributed by atoms with van der Waals surface area (Å²) in [5, 5.41) is 0. The lowest BCUT2D eigenvalue weighted by atomic mass is 9.81. The van der Waals surface area contributed by atoms with Crippen molar-refractivity contribution in [2.24, 2.45) is 0 Å². The number of aryl methyl sites for hydroxylation is 2. The van der Waals surface area contributed by atoms with E-state index in [2.05, 4.69) is 64.1 Å². The Morgan fingerprint density at radius 2 is 1.17 bits per heavy atom. The van der Waals surface area contributed by atoms with Gasteiger partial charge in [0.2, 0.25) is 0 Å². The van der Waals surface area contributed by atoms with Crippen molar-refractivity contribution in [1.82, 2.24) is 0 Å². The van der Waals surface area contributed by atoms with Crippen LogP contribution in [0, 0.1) is 0 Å². The molecule has 0 unspecified atom stereocenters. The van der Waals surface area contributed by atoms with Crippen molar-refractivity contribution in [3.8, 4) is 11.1 Å². The molecule has 2 aromatic carbocycles. The van der Waals surface area contributed by atoms with Gasteiger partial charge in [0.25, 0.3) is 0 Å². The lowest BCUT2D eigenvalue weighted by Crippen LogP contribution is -2.15. The first kappa shape index (κ1) is 24.7. The van der Waals surface area contributed by atoms with Crippen LogP contribution >= 0.6 is 0 Å². The van der Waals surface area contributed by atoms with E-state index in [1.165, 1.54) is 46.2 Å². The van der Waals surface area contributed by atoms with Crippen LogP contribution < -0.4 is 0 Å². The fourth-order valence-corrected chi connectivity index (χ4v) is 3.50. The summed E-state index contributed by atoms with van der Waals surface area (Å²) in [6, 6.07) is 14.1. The minimum Gasteiger partial charge on any atom is -0.0776 e. The average molecular weight is 329 g/mol. The molecule has 2 aromatic rings. The van der Waals surface area contributed by atoms with E-state index in [0.717, 1.165) is 6.42 Å². The Morgan fingerprint density at radius 1 is 0.708 bits per heavy atom. The molecular formula is C24H40. The van der Waals surface area contributed by atoms with Gasteiger partial charge in [-0.25, -0.2) is 0 Å². The van der Waals surface area contributed by atoms with Gasteiger partial charge in [0.1, 0.15) is 0 Å². The molecule has 0 amide bonds. The SMILES string of the molecule is C.C.C.C.CCCc1ccc2c(c1)C(C)(C)c1cc(CC)ccc1-2. The third-order valence-corrected chi connectivity index (χ3v) is 4.75. The molecule has 0 aliphatic heterocycles. The molecule has 0 bridgehead atoms. The van der Waals surface area contributed by atoms with Gasteiger partial charge in [-0.2, -0.15) is 0 Å². The predicted octanol–water partition coefficient (Wildman–Crippen LogP) is 8.05. The highest BCUT2D eigenvalue weighted by molar-refractivity contribution is 5.81. The second-order valence-electron chi connectivity index (χ2n) is 6.49. The molecule has 1 aliphatic carbocycles. The lowest BCUT2D eigenvalue weighted by Gasteiger charge is -2.22. The van der Waals surface area contributed by atoms with Crippen LogP contribution in [0.5, 0.6) is 0 Å². The molecule has 0 N–H and O–H groups in total. The summed E-state index contributed by atoms with van der Waals surface area (Å²) in [5.41, 5.74) is 8.94. The molecule has 136 valence electrons. The molecule has 3 rings (SSSR count). The first-order chi connectivity index (χ1) is 9.57. The summed E-state index contributed by atoms with van der Waals surface area (Å²) in [4.78, 5) is 0. The van der Waals surface area contributed by atoms with Crippen molar-refractivity contribution < 1.29 is 0 Å². The fraction of sp³-hybridized carbons (Fsp3) is 0.500. The van der Waals surface area contributed by atoms with Crippen LogP contribution in [-0.2, 0) is 18.3 Å². The van der Waals surface area contributed by atoms with Crippen LogP contribution in [0.2, 0.25) is 0 Å². The molecule has 1 aliphatic rings. The zero-order valence-electron chi connectivity index (χ0n) is 13.1. The van der Waals surface area contributed by atoms with E-state index in [0.29, 0.717) is 0 Å². The monoisotopic (exact) mass is 328 g/mol. The van der Waals surface area contributed by atoms with Gasteiger partial charge in [0.05, 0.1) is 0 Å². The summed E-state index contributed by atoms with van der Waals surface area (Å²) in [7, 11) is 0. The second-order valence-corrected chi connectivity index (χ2v) is 6.49. The van der Waals surface area contributed by atoms with E-state index >= 15 is 0 Å². The quantitative estimate of drug-likeness (QED) is 0.534.